The van der Waals surface area contributed by atoms with Gasteiger partial charge in [0.25, 0.3) is 0 Å². The van der Waals surface area contributed by atoms with Crippen molar-refractivity contribution in [1.82, 2.24) is 15.0 Å². The van der Waals surface area contributed by atoms with Crippen molar-refractivity contribution in [2.24, 2.45) is 0 Å². The van der Waals surface area contributed by atoms with Gasteiger partial charge in [-0.3, -0.25) is 9.69 Å². The van der Waals surface area contributed by atoms with E-state index < -0.39 is 6.04 Å². The molecule has 21 heavy (non-hydrogen) atoms. The number of hydrogen-bond donors (Lipinski definition) is 0. The molecule has 0 saturated carbocycles. The maximum Gasteiger partial charge on any atom is 0.325 e. The zero-order valence-electron chi connectivity index (χ0n) is 11.5. The first-order valence-corrected chi connectivity index (χ1v) is 7.47. The normalized spacial score (nSPS) is 19.6. The van der Waals surface area contributed by atoms with Gasteiger partial charge in [-0.25, -0.2) is 0 Å². The van der Waals surface area contributed by atoms with Crippen LogP contribution >= 0.6 is 11.3 Å². The van der Waals surface area contributed by atoms with E-state index in [9.17, 15) is 4.79 Å². The van der Waals surface area contributed by atoms with Crippen molar-refractivity contribution in [3.8, 4) is 11.4 Å². The van der Waals surface area contributed by atoms with Crippen molar-refractivity contribution in [2.75, 3.05) is 26.9 Å². The zero-order valence-corrected chi connectivity index (χ0v) is 12.3. The van der Waals surface area contributed by atoms with Crippen molar-refractivity contribution in [2.45, 2.75) is 12.6 Å². The number of morpholine rings is 1. The van der Waals surface area contributed by atoms with Crippen LogP contribution in [0.5, 0.6) is 0 Å². The highest BCUT2D eigenvalue weighted by atomic mass is 32.1. The highest BCUT2D eigenvalue weighted by Gasteiger charge is 2.31. The molecule has 8 heteroatoms. The number of nitrogens with zero attached hydrogens (tertiary/aromatic N) is 3. The smallest absolute Gasteiger partial charge is 0.325 e. The molecule has 1 aliphatic rings. The van der Waals surface area contributed by atoms with Crippen molar-refractivity contribution < 1.29 is 18.8 Å². The largest absolute Gasteiger partial charge is 0.468 e. The summed E-state index contributed by atoms with van der Waals surface area (Å²) in [5.41, 5.74) is 0.932. The highest BCUT2D eigenvalue weighted by Crippen LogP contribution is 2.20. The minimum Gasteiger partial charge on any atom is -0.468 e. The van der Waals surface area contributed by atoms with Gasteiger partial charge in [0, 0.05) is 17.5 Å². The first-order chi connectivity index (χ1) is 10.3. The molecule has 112 valence electrons. The molecule has 1 unspecified atom stereocenters. The van der Waals surface area contributed by atoms with E-state index in [1.165, 1.54) is 7.11 Å². The van der Waals surface area contributed by atoms with Crippen LogP contribution in [-0.2, 0) is 20.8 Å². The van der Waals surface area contributed by atoms with Gasteiger partial charge in [0.2, 0.25) is 11.7 Å². The van der Waals surface area contributed by atoms with E-state index in [4.69, 9.17) is 14.0 Å². The Morgan fingerprint density at radius 3 is 3.29 bits per heavy atom. The van der Waals surface area contributed by atoms with E-state index in [2.05, 4.69) is 10.1 Å². The fourth-order valence-corrected chi connectivity index (χ4v) is 2.82. The van der Waals surface area contributed by atoms with E-state index in [1.807, 2.05) is 21.7 Å². The lowest BCUT2D eigenvalue weighted by Gasteiger charge is -2.32. The van der Waals surface area contributed by atoms with Crippen molar-refractivity contribution >= 4 is 17.3 Å². The predicted octanol–water partition coefficient (Wildman–Crippen LogP) is 1.17. The molecule has 0 aromatic carbocycles. The van der Waals surface area contributed by atoms with Gasteiger partial charge in [-0.2, -0.15) is 16.3 Å². The maximum absolute atomic E-state index is 11.8. The van der Waals surface area contributed by atoms with Crippen LogP contribution < -0.4 is 0 Å². The average Bonchev–Trinajstić information content (AvgIpc) is 3.18. The zero-order chi connectivity index (χ0) is 14.7. The Bertz CT molecular complexity index is 598. The number of carbonyl (C=O) groups excluding carboxylic acids is 1. The summed E-state index contributed by atoms with van der Waals surface area (Å²) in [5, 5.41) is 7.88. The second-order valence-corrected chi connectivity index (χ2v) is 5.39. The second kappa shape index (κ2) is 6.33. The molecule has 7 nitrogen and oxygen atoms in total. The monoisotopic (exact) mass is 309 g/mol. The van der Waals surface area contributed by atoms with Gasteiger partial charge in [0.1, 0.15) is 6.04 Å². The lowest BCUT2D eigenvalue weighted by atomic mass is 10.2. The molecule has 0 N–H and O–H groups in total. The summed E-state index contributed by atoms with van der Waals surface area (Å²) in [6, 6.07) is 1.51. The molecule has 2 aromatic heterocycles. The first kappa shape index (κ1) is 14.2. The van der Waals surface area contributed by atoms with Crippen molar-refractivity contribution in [3.05, 3.63) is 22.7 Å². The Kier molecular flexibility index (Phi) is 4.28. The number of esters is 1. The summed E-state index contributed by atoms with van der Waals surface area (Å²) < 4.78 is 15.4. The Labute approximate surface area is 125 Å². The molecule has 0 radical (unpaired) electrons. The Morgan fingerprint density at radius 1 is 1.62 bits per heavy atom. The molecule has 0 spiro atoms. The Balaban J connectivity index is 1.71. The predicted molar refractivity (Wildman–Crippen MR) is 74.6 cm³/mol. The van der Waals surface area contributed by atoms with E-state index in [-0.39, 0.29) is 5.97 Å². The third-order valence-electron chi connectivity index (χ3n) is 3.30. The van der Waals surface area contributed by atoms with Gasteiger partial charge in [0.15, 0.2) is 0 Å². The molecule has 0 aliphatic carbocycles. The maximum atomic E-state index is 11.8. The van der Waals surface area contributed by atoms with Crippen LogP contribution in [0.1, 0.15) is 5.89 Å². The molecular weight excluding hydrogens is 294 g/mol. The molecule has 1 atom stereocenters. The summed E-state index contributed by atoms with van der Waals surface area (Å²) in [4.78, 5) is 18.0. The number of methoxy groups -OCH3 is 1. The highest BCUT2D eigenvalue weighted by molar-refractivity contribution is 7.08. The van der Waals surface area contributed by atoms with Gasteiger partial charge < -0.3 is 14.0 Å². The van der Waals surface area contributed by atoms with Crippen molar-refractivity contribution in [1.29, 1.82) is 0 Å². The van der Waals surface area contributed by atoms with Crippen LogP contribution in [0.3, 0.4) is 0 Å². The van der Waals surface area contributed by atoms with Gasteiger partial charge in [-0.1, -0.05) is 5.16 Å². The van der Waals surface area contributed by atoms with Crippen LogP contribution in [-0.4, -0.2) is 53.9 Å². The number of carbonyl (C=O) groups is 1. The molecule has 1 fully saturated rings. The van der Waals surface area contributed by atoms with Crippen molar-refractivity contribution in [3.63, 3.8) is 0 Å². The van der Waals surface area contributed by atoms with Crippen LogP contribution in [0, 0.1) is 0 Å². The lowest BCUT2D eigenvalue weighted by molar-refractivity contribution is -0.153. The molecule has 3 heterocycles. The fourth-order valence-electron chi connectivity index (χ4n) is 2.18. The molecule has 3 rings (SSSR count). The number of thiophene rings is 1. The van der Waals surface area contributed by atoms with Crippen LogP contribution in [0.25, 0.3) is 11.4 Å². The van der Waals surface area contributed by atoms with Crippen LogP contribution in [0.15, 0.2) is 21.3 Å². The van der Waals surface area contributed by atoms with E-state index in [0.29, 0.717) is 38.0 Å². The average molecular weight is 309 g/mol. The second-order valence-electron chi connectivity index (χ2n) is 4.61. The number of hydrogen-bond acceptors (Lipinski definition) is 8. The fraction of sp³-hybridized carbons (Fsp3) is 0.462. The molecule has 1 saturated heterocycles. The number of rotatable bonds is 4. The SMILES string of the molecule is COC(=O)C1COCCN1Cc1nc(-c2ccsc2)no1. The third-order valence-corrected chi connectivity index (χ3v) is 3.98. The van der Waals surface area contributed by atoms with Gasteiger partial charge in [0.05, 0.1) is 26.9 Å². The van der Waals surface area contributed by atoms with Gasteiger partial charge in [-0.05, 0) is 11.4 Å². The molecule has 0 bridgehead atoms. The molecule has 2 aromatic rings. The first-order valence-electron chi connectivity index (χ1n) is 6.52. The quantitative estimate of drug-likeness (QED) is 0.785. The minimum absolute atomic E-state index is 0.313. The molecule has 1 aliphatic heterocycles. The van der Waals surface area contributed by atoms with Crippen LogP contribution in [0.4, 0.5) is 0 Å². The van der Waals surface area contributed by atoms with Gasteiger partial charge >= 0.3 is 5.97 Å². The minimum atomic E-state index is -0.430. The summed E-state index contributed by atoms with van der Waals surface area (Å²) in [6.45, 7) is 1.91. The Hall–Kier alpha value is -1.77. The Morgan fingerprint density at radius 2 is 2.52 bits per heavy atom. The summed E-state index contributed by atoms with van der Waals surface area (Å²) >= 11 is 1.58. The van der Waals surface area contributed by atoms with E-state index in [0.717, 1.165) is 5.56 Å². The number of ether oxygens (including phenoxy) is 2. The van der Waals surface area contributed by atoms with Gasteiger partial charge in [-0.15, -0.1) is 0 Å². The third kappa shape index (κ3) is 3.12. The van der Waals surface area contributed by atoms with E-state index >= 15 is 0 Å². The summed E-state index contributed by atoms with van der Waals surface area (Å²) in [6.07, 6.45) is 0. The molecule has 0 amide bonds. The van der Waals surface area contributed by atoms with Crippen LogP contribution in [0.2, 0.25) is 0 Å². The molecular formula is C13H15N3O4S. The topological polar surface area (TPSA) is 77.7 Å². The summed E-state index contributed by atoms with van der Waals surface area (Å²) in [5.74, 6) is 0.730. The summed E-state index contributed by atoms with van der Waals surface area (Å²) in [7, 11) is 1.37. The van der Waals surface area contributed by atoms with E-state index in [1.54, 1.807) is 11.3 Å². The standard InChI is InChI=1S/C13H15N3O4S/c1-18-13(17)10-7-19-4-3-16(10)6-11-14-12(15-20-11)9-2-5-21-8-9/h2,5,8,10H,3-4,6-7H2,1H3. The number of aromatic nitrogens is 2. The lowest BCUT2D eigenvalue weighted by Crippen LogP contribution is -2.49.